The number of hydrogen-bond acceptors (Lipinski definition) is 3. The fourth-order valence-corrected chi connectivity index (χ4v) is 1.75. The molecule has 1 unspecified atom stereocenters. The van der Waals surface area contributed by atoms with E-state index in [9.17, 15) is 0 Å². The van der Waals surface area contributed by atoms with Crippen LogP contribution in [0.3, 0.4) is 0 Å². The Labute approximate surface area is 105 Å². The third-order valence-corrected chi connectivity index (χ3v) is 2.70. The molecule has 0 aliphatic carbocycles. The maximum Gasteiger partial charge on any atom is 0.168 e. The van der Waals surface area contributed by atoms with Crippen LogP contribution < -0.4 is 10.1 Å². The zero-order valence-electron chi connectivity index (χ0n) is 11.2. The lowest BCUT2D eigenvalue weighted by atomic mass is 10.1. The molecule has 1 atom stereocenters. The number of ether oxygens (including phenoxy) is 1. The van der Waals surface area contributed by atoms with Gasteiger partial charge in [0.05, 0.1) is 6.61 Å². The average Bonchev–Trinajstić information content (AvgIpc) is 2.37. The van der Waals surface area contributed by atoms with E-state index in [1.54, 1.807) is 6.20 Å². The van der Waals surface area contributed by atoms with Gasteiger partial charge in [-0.25, -0.2) is 4.98 Å². The van der Waals surface area contributed by atoms with Gasteiger partial charge in [0.15, 0.2) is 11.6 Å². The monoisotopic (exact) mass is 236 g/mol. The minimum atomic E-state index is 0.485. The molecule has 96 valence electrons. The smallest absolute Gasteiger partial charge is 0.168 e. The second-order valence-corrected chi connectivity index (χ2v) is 4.24. The lowest BCUT2D eigenvalue weighted by Gasteiger charge is -2.18. The van der Waals surface area contributed by atoms with Crippen molar-refractivity contribution in [1.82, 2.24) is 4.98 Å². The van der Waals surface area contributed by atoms with Gasteiger partial charge in [-0.1, -0.05) is 27.2 Å². The van der Waals surface area contributed by atoms with Gasteiger partial charge in [0.2, 0.25) is 0 Å². The number of aromatic nitrogens is 1. The van der Waals surface area contributed by atoms with Crippen molar-refractivity contribution in [2.24, 2.45) is 0 Å². The van der Waals surface area contributed by atoms with Crippen LogP contribution in [-0.4, -0.2) is 17.6 Å². The normalized spacial score (nSPS) is 12.2. The Bertz CT molecular complexity index is 315. The molecular weight excluding hydrogens is 212 g/mol. The molecule has 0 saturated heterocycles. The molecule has 0 radical (unpaired) electrons. The van der Waals surface area contributed by atoms with Gasteiger partial charge < -0.3 is 10.1 Å². The molecule has 1 aromatic rings. The molecule has 0 amide bonds. The van der Waals surface area contributed by atoms with Crippen molar-refractivity contribution in [2.45, 2.75) is 52.5 Å². The molecule has 0 aliphatic heterocycles. The largest absolute Gasteiger partial charge is 0.490 e. The van der Waals surface area contributed by atoms with Gasteiger partial charge in [-0.15, -0.1) is 0 Å². The van der Waals surface area contributed by atoms with E-state index in [0.29, 0.717) is 6.04 Å². The standard InChI is InChI=1S/C14H24N2O/c1-4-8-12(6-3)16-14-13(17-11-5-2)9-7-10-15-14/h7,9-10,12H,4-6,8,11H2,1-3H3,(H,15,16). The van der Waals surface area contributed by atoms with Crippen molar-refractivity contribution < 1.29 is 4.74 Å². The summed E-state index contributed by atoms with van der Waals surface area (Å²) in [5.41, 5.74) is 0. The summed E-state index contributed by atoms with van der Waals surface area (Å²) in [6.45, 7) is 7.25. The number of pyridine rings is 1. The molecule has 1 rings (SSSR count). The number of rotatable bonds is 8. The Morgan fingerprint density at radius 1 is 1.29 bits per heavy atom. The molecular formula is C14H24N2O. The van der Waals surface area contributed by atoms with E-state index in [2.05, 4.69) is 31.1 Å². The van der Waals surface area contributed by atoms with Crippen LogP contribution in [0.4, 0.5) is 5.82 Å². The number of nitrogens with one attached hydrogen (secondary N) is 1. The van der Waals surface area contributed by atoms with Crippen LogP contribution in [0.25, 0.3) is 0 Å². The summed E-state index contributed by atoms with van der Waals surface area (Å²) in [7, 11) is 0. The van der Waals surface area contributed by atoms with Crippen molar-refractivity contribution in [3.05, 3.63) is 18.3 Å². The highest BCUT2D eigenvalue weighted by atomic mass is 16.5. The fraction of sp³-hybridized carbons (Fsp3) is 0.643. The molecule has 0 aromatic carbocycles. The fourth-order valence-electron chi connectivity index (χ4n) is 1.75. The van der Waals surface area contributed by atoms with E-state index >= 15 is 0 Å². The Kier molecular flexibility index (Phi) is 6.45. The highest BCUT2D eigenvalue weighted by Gasteiger charge is 2.09. The predicted molar refractivity (Wildman–Crippen MR) is 72.6 cm³/mol. The van der Waals surface area contributed by atoms with Gasteiger partial charge in [-0.2, -0.15) is 0 Å². The first-order valence-electron chi connectivity index (χ1n) is 6.66. The second kappa shape index (κ2) is 7.93. The molecule has 1 N–H and O–H groups in total. The Balaban J connectivity index is 2.67. The highest BCUT2D eigenvalue weighted by Crippen LogP contribution is 2.23. The molecule has 3 heteroatoms. The maximum atomic E-state index is 5.68. The van der Waals surface area contributed by atoms with Gasteiger partial charge in [0, 0.05) is 12.2 Å². The molecule has 1 heterocycles. The summed E-state index contributed by atoms with van der Waals surface area (Å²) in [6.07, 6.45) is 6.28. The molecule has 1 aromatic heterocycles. The third kappa shape index (κ3) is 4.63. The topological polar surface area (TPSA) is 34.1 Å². The highest BCUT2D eigenvalue weighted by molar-refractivity contribution is 5.50. The average molecular weight is 236 g/mol. The zero-order chi connectivity index (χ0) is 12.5. The lowest BCUT2D eigenvalue weighted by molar-refractivity contribution is 0.317. The van der Waals surface area contributed by atoms with Crippen LogP contribution in [0.15, 0.2) is 18.3 Å². The molecule has 0 spiro atoms. The Morgan fingerprint density at radius 2 is 2.12 bits per heavy atom. The van der Waals surface area contributed by atoms with Gasteiger partial charge in [0.25, 0.3) is 0 Å². The van der Waals surface area contributed by atoms with Crippen LogP contribution in [0.2, 0.25) is 0 Å². The summed E-state index contributed by atoms with van der Waals surface area (Å²) in [5, 5.41) is 3.47. The van der Waals surface area contributed by atoms with Crippen molar-refractivity contribution in [2.75, 3.05) is 11.9 Å². The van der Waals surface area contributed by atoms with Gasteiger partial charge in [0.1, 0.15) is 0 Å². The number of hydrogen-bond donors (Lipinski definition) is 1. The molecule has 0 saturated carbocycles. The molecule has 17 heavy (non-hydrogen) atoms. The first-order valence-corrected chi connectivity index (χ1v) is 6.66. The minimum absolute atomic E-state index is 0.485. The number of nitrogens with zero attached hydrogens (tertiary/aromatic N) is 1. The van der Waals surface area contributed by atoms with Crippen LogP contribution in [-0.2, 0) is 0 Å². The Hall–Kier alpha value is -1.25. The first-order chi connectivity index (χ1) is 8.31. The minimum Gasteiger partial charge on any atom is -0.490 e. The van der Waals surface area contributed by atoms with Crippen LogP contribution in [0.1, 0.15) is 46.5 Å². The Morgan fingerprint density at radius 3 is 2.76 bits per heavy atom. The summed E-state index contributed by atoms with van der Waals surface area (Å²) in [6, 6.07) is 4.37. The quantitative estimate of drug-likeness (QED) is 0.744. The zero-order valence-corrected chi connectivity index (χ0v) is 11.2. The molecule has 0 fully saturated rings. The summed E-state index contributed by atoms with van der Waals surface area (Å²) in [4.78, 5) is 4.37. The van der Waals surface area contributed by atoms with E-state index in [-0.39, 0.29) is 0 Å². The maximum absolute atomic E-state index is 5.68. The molecule has 0 aliphatic rings. The third-order valence-electron chi connectivity index (χ3n) is 2.70. The van der Waals surface area contributed by atoms with E-state index in [1.807, 2.05) is 12.1 Å². The van der Waals surface area contributed by atoms with Crippen molar-refractivity contribution >= 4 is 5.82 Å². The van der Waals surface area contributed by atoms with Crippen LogP contribution in [0.5, 0.6) is 5.75 Å². The molecule has 0 bridgehead atoms. The first kappa shape index (κ1) is 13.8. The summed E-state index contributed by atoms with van der Waals surface area (Å²) >= 11 is 0. The molecule has 3 nitrogen and oxygen atoms in total. The second-order valence-electron chi connectivity index (χ2n) is 4.24. The van der Waals surface area contributed by atoms with E-state index in [4.69, 9.17) is 4.74 Å². The van der Waals surface area contributed by atoms with Gasteiger partial charge in [-0.05, 0) is 31.4 Å². The van der Waals surface area contributed by atoms with Crippen molar-refractivity contribution in [1.29, 1.82) is 0 Å². The van der Waals surface area contributed by atoms with Gasteiger partial charge in [-0.3, -0.25) is 0 Å². The van der Waals surface area contributed by atoms with Crippen LogP contribution >= 0.6 is 0 Å². The van der Waals surface area contributed by atoms with E-state index < -0.39 is 0 Å². The summed E-state index contributed by atoms with van der Waals surface area (Å²) < 4.78 is 5.68. The lowest BCUT2D eigenvalue weighted by Crippen LogP contribution is -2.19. The van der Waals surface area contributed by atoms with E-state index in [1.165, 1.54) is 12.8 Å². The number of anilines is 1. The SMILES string of the molecule is CCCOc1cccnc1NC(CC)CCC. The predicted octanol–water partition coefficient (Wildman–Crippen LogP) is 3.86. The van der Waals surface area contributed by atoms with Crippen LogP contribution in [0, 0.1) is 0 Å². The van der Waals surface area contributed by atoms with Gasteiger partial charge >= 0.3 is 0 Å². The summed E-state index contributed by atoms with van der Waals surface area (Å²) in [5.74, 6) is 1.74. The van der Waals surface area contributed by atoms with Crippen molar-refractivity contribution in [3.8, 4) is 5.75 Å². The van der Waals surface area contributed by atoms with E-state index in [0.717, 1.165) is 31.0 Å². The van der Waals surface area contributed by atoms with Crippen molar-refractivity contribution in [3.63, 3.8) is 0 Å².